The lowest BCUT2D eigenvalue weighted by Gasteiger charge is -2.40. The molecular formula is C20H16N4OS2. The molecule has 7 heteroatoms. The molecule has 0 saturated carbocycles. The lowest BCUT2D eigenvalue weighted by atomic mass is 9.89. The van der Waals surface area contributed by atoms with Crippen LogP contribution in [0.3, 0.4) is 0 Å². The van der Waals surface area contributed by atoms with Gasteiger partial charge in [-0.3, -0.25) is 0 Å². The van der Waals surface area contributed by atoms with Crippen LogP contribution in [-0.2, 0) is 4.74 Å². The number of benzene rings is 1. The van der Waals surface area contributed by atoms with Crippen LogP contribution in [0.4, 0.5) is 5.69 Å². The molecule has 2 aliphatic rings. The average molecular weight is 393 g/mol. The van der Waals surface area contributed by atoms with Gasteiger partial charge in [-0.2, -0.15) is 0 Å². The molecule has 3 N–H and O–H groups in total. The van der Waals surface area contributed by atoms with Crippen molar-refractivity contribution in [1.82, 2.24) is 15.3 Å². The minimum absolute atomic E-state index is 0.00553. The van der Waals surface area contributed by atoms with Crippen molar-refractivity contribution in [1.29, 1.82) is 0 Å². The second kappa shape index (κ2) is 5.59. The molecule has 1 aromatic carbocycles. The van der Waals surface area contributed by atoms with E-state index in [1.807, 2.05) is 24.4 Å². The van der Waals surface area contributed by atoms with Gasteiger partial charge in [-0.25, -0.2) is 9.97 Å². The molecule has 0 aliphatic carbocycles. The van der Waals surface area contributed by atoms with Gasteiger partial charge < -0.3 is 15.8 Å². The SMILES string of the molecule is Nc1ccc2sc(-c3ccnc4sc(C5=CCNC56COC6)cc34)nc2c1. The first kappa shape index (κ1) is 15.7. The van der Waals surface area contributed by atoms with E-state index in [4.69, 9.17) is 15.5 Å². The summed E-state index contributed by atoms with van der Waals surface area (Å²) in [6, 6.07) is 10.2. The molecule has 1 saturated heterocycles. The number of hydrogen-bond acceptors (Lipinski definition) is 7. The van der Waals surface area contributed by atoms with E-state index in [1.54, 1.807) is 22.7 Å². The third-order valence-corrected chi connectivity index (χ3v) is 7.45. The predicted octanol–water partition coefficient (Wildman–Crippen LogP) is 3.91. The second-order valence-electron chi connectivity index (χ2n) is 7.01. The molecule has 1 fully saturated rings. The van der Waals surface area contributed by atoms with Crippen LogP contribution in [0.15, 0.2) is 42.6 Å². The number of nitrogens with zero attached hydrogens (tertiary/aromatic N) is 2. The highest BCUT2D eigenvalue weighted by molar-refractivity contribution is 7.22. The van der Waals surface area contributed by atoms with Gasteiger partial charge in [0.2, 0.25) is 0 Å². The third kappa shape index (κ3) is 2.29. The van der Waals surface area contributed by atoms with Crippen molar-refractivity contribution in [2.45, 2.75) is 5.54 Å². The number of nitrogens with two attached hydrogens (primary N) is 1. The molecule has 2 aliphatic heterocycles. The van der Waals surface area contributed by atoms with Crippen LogP contribution in [0.25, 0.3) is 36.6 Å². The molecule has 5 nitrogen and oxygen atoms in total. The van der Waals surface area contributed by atoms with E-state index >= 15 is 0 Å². The van der Waals surface area contributed by atoms with E-state index in [2.05, 4.69) is 28.5 Å². The van der Waals surface area contributed by atoms with E-state index in [0.717, 1.165) is 56.5 Å². The van der Waals surface area contributed by atoms with Gasteiger partial charge >= 0.3 is 0 Å². The van der Waals surface area contributed by atoms with E-state index in [1.165, 1.54) is 10.5 Å². The summed E-state index contributed by atoms with van der Waals surface area (Å²) in [6.45, 7) is 2.38. The van der Waals surface area contributed by atoms with Crippen LogP contribution in [-0.4, -0.2) is 35.3 Å². The number of thiazole rings is 1. The van der Waals surface area contributed by atoms with E-state index in [0.29, 0.717) is 0 Å². The number of rotatable bonds is 2. The van der Waals surface area contributed by atoms with Crippen LogP contribution < -0.4 is 11.1 Å². The molecule has 0 bridgehead atoms. The van der Waals surface area contributed by atoms with Gasteiger partial charge in [-0.05, 0) is 35.9 Å². The Morgan fingerprint density at radius 1 is 1.15 bits per heavy atom. The number of nitrogen functional groups attached to an aromatic ring is 1. The Morgan fingerprint density at radius 3 is 2.93 bits per heavy atom. The number of fused-ring (bicyclic) bond motifs is 2. The molecule has 134 valence electrons. The van der Waals surface area contributed by atoms with Crippen molar-refractivity contribution in [3.8, 4) is 10.6 Å². The highest BCUT2D eigenvalue weighted by atomic mass is 32.1. The van der Waals surface area contributed by atoms with Crippen molar-refractivity contribution in [3.05, 3.63) is 47.5 Å². The molecule has 5 heterocycles. The van der Waals surface area contributed by atoms with Crippen molar-refractivity contribution in [3.63, 3.8) is 0 Å². The van der Waals surface area contributed by atoms with Crippen molar-refractivity contribution >= 4 is 54.4 Å². The maximum atomic E-state index is 5.91. The van der Waals surface area contributed by atoms with Crippen molar-refractivity contribution in [2.75, 3.05) is 25.5 Å². The summed E-state index contributed by atoms with van der Waals surface area (Å²) < 4.78 is 6.64. The van der Waals surface area contributed by atoms with Crippen LogP contribution in [0.2, 0.25) is 0 Å². The standard InChI is InChI=1S/C20H16N4OS2/c21-11-1-2-16-15(7-11)24-19(26-16)12-3-5-22-18-13(12)8-17(27-18)14-4-6-23-20(14)9-25-10-20/h1-5,7-8,23H,6,9-10,21H2. The van der Waals surface area contributed by atoms with Crippen molar-refractivity contribution in [2.24, 2.45) is 0 Å². The number of anilines is 1. The van der Waals surface area contributed by atoms with Gasteiger partial charge in [0.05, 0.1) is 29.0 Å². The zero-order chi connectivity index (χ0) is 18.0. The topological polar surface area (TPSA) is 73.1 Å². The van der Waals surface area contributed by atoms with E-state index < -0.39 is 0 Å². The summed E-state index contributed by atoms with van der Waals surface area (Å²) in [4.78, 5) is 11.8. The maximum Gasteiger partial charge on any atom is 0.125 e. The highest BCUT2D eigenvalue weighted by Crippen LogP contribution is 2.43. The lowest BCUT2D eigenvalue weighted by Crippen LogP contribution is -2.58. The van der Waals surface area contributed by atoms with Crippen LogP contribution in [0.1, 0.15) is 4.88 Å². The van der Waals surface area contributed by atoms with Crippen LogP contribution in [0, 0.1) is 0 Å². The first-order chi connectivity index (χ1) is 13.2. The molecular weight excluding hydrogens is 376 g/mol. The molecule has 27 heavy (non-hydrogen) atoms. The minimum Gasteiger partial charge on any atom is -0.399 e. The molecule has 0 atom stereocenters. The quantitative estimate of drug-likeness (QED) is 0.506. The van der Waals surface area contributed by atoms with Crippen molar-refractivity contribution < 1.29 is 4.74 Å². The Balaban J connectivity index is 1.50. The smallest absolute Gasteiger partial charge is 0.125 e. The molecule has 4 aromatic rings. The van der Waals surface area contributed by atoms with Gasteiger partial charge in [-0.1, -0.05) is 6.08 Å². The number of nitrogens with one attached hydrogen (secondary N) is 1. The normalized spacial score (nSPS) is 18.3. The number of aromatic nitrogens is 2. The Labute approximate surface area is 163 Å². The lowest BCUT2D eigenvalue weighted by molar-refractivity contribution is -0.0368. The van der Waals surface area contributed by atoms with Gasteiger partial charge in [0.1, 0.15) is 9.84 Å². The first-order valence-corrected chi connectivity index (χ1v) is 10.4. The number of ether oxygens (including phenoxy) is 1. The highest BCUT2D eigenvalue weighted by Gasteiger charge is 2.45. The largest absolute Gasteiger partial charge is 0.399 e. The van der Waals surface area contributed by atoms with Gasteiger partial charge in [-0.15, -0.1) is 22.7 Å². The van der Waals surface area contributed by atoms with E-state index in [-0.39, 0.29) is 5.54 Å². The molecule has 6 rings (SSSR count). The fraction of sp³-hybridized carbons (Fsp3) is 0.200. The fourth-order valence-corrected chi connectivity index (χ4v) is 6.01. The zero-order valence-corrected chi connectivity index (χ0v) is 16.0. The summed E-state index contributed by atoms with van der Waals surface area (Å²) >= 11 is 3.44. The average Bonchev–Trinajstić information content (AvgIpc) is 3.35. The van der Waals surface area contributed by atoms with Crippen LogP contribution in [0.5, 0.6) is 0 Å². The number of pyridine rings is 1. The number of hydrogen-bond donors (Lipinski definition) is 2. The van der Waals surface area contributed by atoms with E-state index in [9.17, 15) is 0 Å². The summed E-state index contributed by atoms with van der Waals surface area (Å²) in [5, 5.41) is 5.75. The molecule has 0 amide bonds. The summed E-state index contributed by atoms with van der Waals surface area (Å²) in [6.07, 6.45) is 4.16. The Kier molecular flexibility index (Phi) is 3.25. The van der Waals surface area contributed by atoms with Gasteiger partial charge in [0, 0.05) is 34.3 Å². The molecule has 0 radical (unpaired) electrons. The Hall–Kier alpha value is -2.32. The van der Waals surface area contributed by atoms with Crippen LogP contribution >= 0.6 is 22.7 Å². The first-order valence-electron chi connectivity index (χ1n) is 8.81. The summed E-state index contributed by atoms with van der Waals surface area (Å²) in [5.74, 6) is 0. The number of thiophene rings is 1. The van der Waals surface area contributed by atoms with Gasteiger partial charge in [0.15, 0.2) is 0 Å². The maximum absolute atomic E-state index is 5.91. The summed E-state index contributed by atoms with van der Waals surface area (Å²) in [7, 11) is 0. The zero-order valence-electron chi connectivity index (χ0n) is 14.4. The molecule has 0 unspecified atom stereocenters. The second-order valence-corrected chi connectivity index (χ2v) is 9.07. The molecule has 3 aromatic heterocycles. The minimum atomic E-state index is -0.00553. The Bertz CT molecular complexity index is 1240. The third-order valence-electron chi connectivity index (χ3n) is 5.30. The monoisotopic (exact) mass is 392 g/mol. The van der Waals surface area contributed by atoms with Gasteiger partial charge in [0.25, 0.3) is 0 Å². The Morgan fingerprint density at radius 2 is 2.07 bits per heavy atom. The summed E-state index contributed by atoms with van der Waals surface area (Å²) in [5.41, 5.74) is 10.1. The predicted molar refractivity (Wildman–Crippen MR) is 112 cm³/mol. The molecule has 1 spiro atoms. The fourth-order valence-electron chi connectivity index (χ4n) is 3.86.